The number of benzene rings is 1. The second-order valence-corrected chi connectivity index (χ2v) is 3.76. The molecule has 0 aliphatic rings. The number of rotatable bonds is 4. The van der Waals surface area contributed by atoms with Gasteiger partial charge in [-0.1, -0.05) is 18.2 Å². The van der Waals surface area contributed by atoms with E-state index in [-0.39, 0.29) is 6.61 Å². The lowest BCUT2D eigenvalue weighted by Crippen LogP contribution is -2.17. The maximum atomic E-state index is 9.14. The molecule has 0 spiro atoms. The van der Waals surface area contributed by atoms with Crippen molar-refractivity contribution in [1.29, 1.82) is 0 Å². The first-order valence-electron chi connectivity index (χ1n) is 5.73. The number of hydrogen-bond acceptors (Lipinski definition) is 3. The first kappa shape index (κ1) is 11.6. The number of aliphatic hydroxyl groups is 1. The molecular weight excluding hydrogens is 212 g/mol. The van der Waals surface area contributed by atoms with Crippen LogP contribution in [-0.2, 0) is 6.61 Å². The van der Waals surface area contributed by atoms with Crippen molar-refractivity contribution in [3.05, 3.63) is 54.2 Å². The summed E-state index contributed by atoms with van der Waals surface area (Å²) in [7, 11) is 0. The summed E-state index contributed by atoms with van der Waals surface area (Å²) >= 11 is 0. The van der Waals surface area contributed by atoms with E-state index >= 15 is 0 Å². The minimum absolute atomic E-state index is 0.0435. The van der Waals surface area contributed by atoms with Gasteiger partial charge in [0.2, 0.25) is 0 Å². The van der Waals surface area contributed by atoms with Crippen LogP contribution in [0.5, 0.6) is 0 Å². The number of nitrogens with zero attached hydrogens (tertiary/aromatic N) is 2. The van der Waals surface area contributed by atoms with Gasteiger partial charge in [-0.2, -0.15) is 0 Å². The highest BCUT2D eigenvalue weighted by atomic mass is 16.3. The predicted molar refractivity (Wildman–Crippen MR) is 69.3 cm³/mol. The summed E-state index contributed by atoms with van der Waals surface area (Å²) in [6.07, 6.45) is 1.73. The van der Waals surface area contributed by atoms with Gasteiger partial charge in [-0.05, 0) is 36.8 Å². The van der Waals surface area contributed by atoms with Crippen LogP contribution in [0.25, 0.3) is 0 Å². The van der Waals surface area contributed by atoms with Crippen LogP contribution in [0.4, 0.5) is 11.5 Å². The van der Waals surface area contributed by atoms with Crippen LogP contribution in [0.15, 0.2) is 48.7 Å². The molecule has 0 radical (unpaired) electrons. The third-order valence-electron chi connectivity index (χ3n) is 2.65. The van der Waals surface area contributed by atoms with E-state index in [1.165, 1.54) is 0 Å². The second kappa shape index (κ2) is 5.46. The fourth-order valence-electron chi connectivity index (χ4n) is 1.79. The van der Waals surface area contributed by atoms with Crippen molar-refractivity contribution in [3.8, 4) is 0 Å². The van der Waals surface area contributed by atoms with Crippen molar-refractivity contribution in [3.63, 3.8) is 0 Å². The zero-order valence-corrected chi connectivity index (χ0v) is 9.87. The molecule has 0 bridgehead atoms. The molecule has 0 unspecified atom stereocenters. The molecule has 0 aliphatic heterocycles. The van der Waals surface area contributed by atoms with Gasteiger partial charge in [0, 0.05) is 18.4 Å². The Morgan fingerprint density at radius 2 is 1.94 bits per heavy atom. The molecule has 0 atom stereocenters. The molecular formula is C14H16N2O. The largest absolute Gasteiger partial charge is 0.392 e. The van der Waals surface area contributed by atoms with Gasteiger partial charge in [-0.15, -0.1) is 0 Å². The minimum atomic E-state index is 0.0435. The summed E-state index contributed by atoms with van der Waals surface area (Å²) < 4.78 is 0. The van der Waals surface area contributed by atoms with Crippen molar-refractivity contribution in [2.45, 2.75) is 13.5 Å². The summed E-state index contributed by atoms with van der Waals surface area (Å²) in [4.78, 5) is 6.46. The molecule has 2 rings (SSSR count). The minimum Gasteiger partial charge on any atom is -0.392 e. The number of anilines is 2. The van der Waals surface area contributed by atoms with Crippen molar-refractivity contribution >= 4 is 11.5 Å². The first-order chi connectivity index (χ1) is 8.35. The average molecular weight is 228 g/mol. The molecule has 0 fully saturated rings. The van der Waals surface area contributed by atoms with E-state index in [1.807, 2.05) is 30.3 Å². The Morgan fingerprint density at radius 1 is 1.18 bits per heavy atom. The molecule has 0 aliphatic carbocycles. The van der Waals surface area contributed by atoms with Crippen molar-refractivity contribution in [2.24, 2.45) is 0 Å². The predicted octanol–water partition coefficient (Wildman–Crippen LogP) is 2.73. The molecule has 0 saturated carbocycles. The Kier molecular flexibility index (Phi) is 3.73. The number of hydrogen-bond donors (Lipinski definition) is 1. The van der Waals surface area contributed by atoms with E-state index in [0.29, 0.717) is 0 Å². The van der Waals surface area contributed by atoms with Gasteiger partial charge in [-0.3, -0.25) is 0 Å². The van der Waals surface area contributed by atoms with Crippen LogP contribution in [-0.4, -0.2) is 16.6 Å². The zero-order chi connectivity index (χ0) is 12.1. The molecule has 0 saturated heterocycles. The van der Waals surface area contributed by atoms with Crippen molar-refractivity contribution < 1.29 is 5.11 Å². The van der Waals surface area contributed by atoms with Crippen LogP contribution in [0.3, 0.4) is 0 Å². The fourth-order valence-corrected chi connectivity index (χ4v) is 1.79. The Hall–Kier alpha value is -1.87. The lowest BCUT2D eigenvalue weighted by Gasteiger charge is -2.22. The van der Waals surface area contributed by atoms with Gasteiger partial charge in [0.05, 0.1) is 6.61 Å². The third kappa shape index (κ3) is 2.63. The molecule has 17 heavy (non-hydrogen) atoms. The molecule has 88 valence electrons. The maximum Gasteiger partial charge on any atom is 0.133 e. The maximum absolute atomic E-state index is 9.14. The van der Waals surface area contributed by atoms with Crippen LogP contribution in [0.1, 0.15) is 12.5 Å². The first-order valence-corrected chi connectivity index (χ1v) is 5.73. The van der Waals surface area contributed by atoms with E-state index in [4.69, 9.17) is 5.11 Å². The lowest BCUT2D eigenvalue weighted by molar-refractivity contribution is 0.282. The normalized spacial score (nSPS) is 10.2. The van der Waals surface area contributed by atoms with E-state index in [2.05, 4.69) is 28.9 Å². The van der Waals surface area contributed by atoms with E-state index in [0.717, 1.165) is 23.6 Å². The average Bonchev–Trinajstić information content (AvgIpc) is 2.41. The SMILES string of the molecule is CCN(c1ccccc1)c1cc(CO)ccn1. The van der Waals surface area contributed by atoms with Crippen LogP contribution in [0, 0.1) is 0 Å². The Morgan fingerprint density at radius 3 is 2.59 bits per heavy atom. The van der Waals surface area contributed by atoms with Crippen LogP contribution in [0.2, 0.25) is 0 Å². The molecule has 1 N–H and O–H groups in total. The van der Waals surface area contributed by atoms with E-state index < -0.39 is 0 Å². The van der Waals surface area contributed by atoms with E-state index in [1.54, 1.807) is 6.20 Å². The Balaban J connectivity index is 2.35. The molecule has 3 nitrogen and oxygen atoms in total. The standard InChI is InChI=1S/C14H16N2O/c1-2-16(13-6-4-3-5-7-13)14-10-12(11-17)8-9-15-14/h3-10,17H,2,11H2,1H3. The molecule has 3 heteroatoms. The Labute approximate surface area is 101 Å². The third-order valence-corrected chi connectivity index (χ3v) is 2.65. The van der Waals surface area contributed by atoms with Gasteiger partial charge in [-0.25, -0.2) is 4.98 Å². The topological polar surface area (TPSA) is 36.4 Å². The summed E-state index contributed by atoms with van der Waals surface area (Å²) in [5.74, 6) is 0.866. The molecule has 0 amide bonds. The summed E-state index contributed by atoms with van der Waals surface area (Å²) in [5, 5.41) is 9.14. The quantitative estimate of drug-likeness (QED) is 0.874. The summed E-state index contributed by atoms with van der Waals surface area (Å²) in [6.45, 7) is 2.97. The van der Waals surface area contributed by atoms with Gasteiger partial charge < -0.3 is 10.0 Å². The molecule has 1 aromatic heterocycles. The molecule has 2 aromatic rings. The highest BCUT2D eigenvalue weighted by molar-refractivity contribution is 5.59. The summed E-state index contributed by atoms with van der Waals surface area (Å²) in [5.41, 5.74) is 1.99. The van der Waals surface area contributed by atoms with Gasteiger partial charge >= 0.3 is 0 Å². The van der Waals surface area contributed by atoms with Crippen molar-refractivity contribution in [2.75, 3.05) is 11.4 Å². The summed E-state index contributed by atoms with van der Waals surface area (Å²) in [6, 6.07) is 13.9. The molecule has 1 aromatic carbocycles. The monoisotopic (exact) mass is 228 g/mol. The number of aliphatic hydroxyl groups excluding tert-OH is 1. The van der Waals surface area contributed by atoms with Crippen molar-refractivity contribution in [1.82, 2.24) is 4.98 Å². The van der Waals surface area contributed by atoms with Crippen LogP contribution < -0.4 is 4.90 Å². The number of pyridine rings is 1. The highest BCUT2D eigenvalue weighted by Crippen LogP contribution is 2.23. The Bertz CT molecular complexity index is 471. The van der Waals surface area contributed by atoms with Gasteiger partial charge in [0.25, 0.3) is 0 Å². The second-order valence-electron chi connectivity index (χ2n) is 3.76. The lowest BCUT2D eigenvalue weighted by atomic mass is 10.2. The van der Waals surface area contributed by atoms with E-state index in [9.17, 15) is 0 Å². The smallest absolute Gasteiger partial charge is 0.133 e. The molecule has 1 heterocycles. The van der Waals surface area contributed by atoms with Gasteiger partial charge in [0.15, 0.2) is 0 Å². The highest BCUT2D eigenvalue weighted by Gasteiger charge is 2.08. The number of para-hydroxylation sites is 1. The zero-order valence-electron chi connectivity index (χ0n) is 9.87. The van der Waals surface area contributed by atoms with Gasteiger partial charge in [0.1, 0.15) is 5.82 Å². The fraction of sp³-hybridized carbons (Fsp3) is 0.214. The number of aromatic nitrogens is 1. The van der Waals surface area contributed by atoms with Crippen LogP contribution >= 0.6 is 0 Å².